The van der Waals surface area contributed by atoms with Crippen molar-refractivity contribution < 1.29 is 9.59 Å². The van der Waals surface area contributed by atoms with Crippen LogP contribution in [-0.4, -0.2) is 29.4 Å². The molecule has 1 unspecified atom stereocenters. The first kappa shape index (κ1) is 16.6. The van der Waals surface area contributed by atoms with Gasteiger partial charge in [0.2, 0.25) is 11.8 Å². The van der Waals surface area contributed by atoms with E-state index in [0.29, 0.717) is 17.4 Å². The lowest BCUT2D eigenvalue weighted by Crippen LogP contribution is -2.30. The number of nitrogens with zero attached hydrogens (tertiary/aromatic N) is 1. The van der Waals surface area contributed by atoms with Gasteiger partial charge in [-0.15, -0.1) is 11.3 Å². The zero-order valence-electron chi connectivity index (χ0n) is 12.1. The zero-order valence-corrected chi connectivity index (χ0v) is 12.9. The molecule has 0 aliphatic heterocycles. The number of amides is 2. The molecule has 0 bridgehead atoms. The number of nitrogens with one attached hydrogen (secondary N) is 2. The number of rotatable bonds is 7. The zero-order chi connectivity index (χ0) is 15.1. The number of aromatic nitrogens is 1. The van der Waals surface area contributed by atoms with Crippen molar-refractivity contribution in [3.05, 3.63) is 11.1 Å². The third kappa shape index (κ3) is 6.12. The highest BCUT2D eigenvalue weighted by atomic mass is 32.1. The Labute approximate surface area is 123 Å². The van der Waals surface area contributed by atoms with E-state index in [9.17, 15) is 9.59 Å². The molecule has 7 heteroatoms. The van der Waals surface area contributed by atoms with E-state index in [0.717, 1.165) is 6.42 Å². The van der Waals surface area contributed by atoms with Gasteiger partial charge in [0.05, 0.1) is 12.1 Å². The van der Waals surface area contributed by atoms with Gasteiger partial charge >= 0.3 is 0 Å². The van der Waals surface area contributed by atoms with Crippen molar-refractivity contribution in [1.82, 2.24) is 10.3 Å². The lowest BCUT2D eigenvalue weighted by Gasteiger charge is -2.06. The third-order valence-corrected chi connectivity index (χ3v) is 3.38. The Balaban J connectivity index is 2.40. The van der Waals surface area contributed by atoms with Crippen LogP contribution in [0.1, 0.15) is 32.9 Å². The molecular weight excluding hydrogens is 276 g/mol. The van der Waals surface area contributed by atoms with Crippen LogP contribution in [0.5, 0.6) is 0 Å². The minimum absolute atomic E-state index is 0.0763. The van der Waals surface area contributed by atoms with E-state index in [4.69, 9.17) is 5.73 Å². The highest BCUT2D eigenvalue weighted by Crippen LogP contribution is 2.16. The van der Waals surface area contributed by atoms with E-state index >= 15 is 0 Å². The number of hydrogen-bond acceptors (Lipinski definition) is 5. The van der Waals surface area contributed by atoms with Gasteiger partial charge in [0.15, 0.2) is 5.13 Å². The molecule has 112 valence electrons. The highest BCUT2D eigenvalue weighted by molar-refractivity contribution is 7.13. The minimum atomic E-state index is -0.0936. The summed E-state index contributed by atoms with van der Waals surface area (Å²) in [6.07, 6.45) is 0.964. The minimum Gasteiger partial charge on any atom is -0.356 e. The predicted molar refractivity (Wildman–Crippen MR) is 80.6 cm³/mol. The molecule has 1 rings (SSSR count). The van der Waals surface area contributed by atoms with Gasteiger partial charge in [0, 0.05) is 23.9 Å². The van der Waals surface area contributed by atoms with Gasteiger partial charge < -0.3 is 16.4 Å². The van der Waals surface area contributed by atoms with Crippen molar-refractivity contribution >= 4 is 28.3 Å². The van der Waals surface area contributed by atoms with E-state index < -0.39 is 0 Å². The Bertz CT molecular complexity index is 457. The SMILES string of the molecule is CC(N)CCNC(=O)Cc1csc(NC(=O)C(C)C)n1. The van der Waals surface area contributed by atoms with E-state index in [1.807, 2.05) is 20.8 Å². The van der Waals surface area contributed by atoms with E-state index in [1.165, 1.54) is 11.3 Å². The molecule has 4 N–H and O–H groups in total. The van der Waals surface area contributed by atoms with Crippen molar-refractivity contribution in [3.63, 3.8) is 0 Å². The lowest BCUT2D eigenvalue weighted by molar-refractivity contribution is -0.120. The van der Waals surface area contributed by atoms with Crippen LogP contribution in [0.4, 0.5) is 5.13 Å². The lowest BCUT2D eigenvalue weighted by atomic mass is 10.2. The molecule has 0 aliphatic rings. The van der Waals surface area contributed by atoms with E-state index in [-0.39, 0.29) is 30.2 Å². The average molecular weight is 298 g/mol. The fourth-order valence-corrected chi connectivity index (χ4v) is 2.07. The number of anilines is 1. The van der Waals surface area contributed by atoms with Gasteiger partial charge in [0.1, 0.15) is 0 Å². The maximum Gasteiger partial charge on any atom is 0.228 e. The summed E-state index contributed by atoms with van der Waals surface area (Å²) in [5, 5.41) is 7.81. The summed E-state index contributed by atoms with van der Waals surface area (Å²) in [5.41, 5.74) is 6.26. The Kier molecular flexibility index (Phi) is 6.60. The number of hydrogen-bond donors (Lipinski definition) is 3. The molecule has 20 heavy (non-hydrogen) atoms. The van der Waals surface area contributed by atoms with E-state index in [1.54, 1.807) is 5.38 Å². The van der Waals surface area contributed by atoms with Crippen LogP contribution in [-0.2, 0) is 16.0 Å². The second-order valence-electron chi connectivity index (χ2n) is 5.08. The maximum absolute atomic E-state index is 11.7. The molecule has 1 heterocycles. The molecule has 1 atom stereocenters. The normalized spacial score (nSPS) is 12.2. The fourth-order valence-electron chi connectivity index (χ4n) is 1.36. The number of carbonyl (C=O) groups excluding carboxylic acids is 2. The number of nitrogens with two attached hydrogens (primary N) is 1. The fraction of sp³-hybridized carbons (Fsp3) is 0.615. The second kappa shape index (κ2) is 7.96. The predicted octanol–water partition coefficient (Wildman–Crippen LogP) is 1.13. The Morgan fingerprint density at radius 1 is 1.40 bits per heavy atom. The van der Waals surface area contributed by atoms with Crippen molar-refractivity contribution in [1.29, 1.82) is 0 Å². The molecule has 0 saturated carbocycles. The van der Waals surface area contributed by atoms with Gasteiger partial charge in [-0.25, -0.2) is 4.98 Å². The summed E-state index contributed by atoms with van der Waals surface area (Å²) in [6, 6.07) is 0.0763. The molecule has 0 radical (unpaired) electrons. The van der Waals surface area contributed by atoms with Crippen LogP contribution in [0, 0.1) is 5.92 Å². The largest absolute Gasteiger partial charge is 0.356 e. The molecule has 1 aromatic rings. The second-order valence-corrected chi connectivity index (χ2v) is 5.94. The van der Waals surface area contributed by atoms with E-state index in [2.05, 4.69) is 15.6 Å². The maximum atomic E-state index is 11.7. The summed E-state index contributed by atoms with van der Waals surface area (Å²) >= 11 is 1.32. The van der Waals surface area contributed by atoms with Crippen LogP contribution in [0.2, 0.25) is 0 Å². The molecule has 0 aliphatic carbocycles. The number of carbonyl (C=O) groups is 2. The summed E-state index contributed by atoms with van der Waals surface area (Å²) in [7, 11) is 0. The summed E-state index contributed by atoms with van der Waals surface area (Å²) < 4.78 is 0. The van der Waals surface area contributed by atoms with Gasteiger partial charge in [0.25, 0.3) is 0 Å². The Morgan fingerprint density at radius 3 is 2.70 bits per heavy atom. The Hall–Kier alpha value is -1.47. The molecular formula is C13H22N4O2S. The summed E-state index contributed by atoms with van der Waals surface area (Å²) in [6.45, 7) is 6.10. The molecule has 0 fully saturated rings. The van der Waals surface area contributed by atoms with Crippen molar-refractivity contribution in [2.45, 2.75) is 39.7 Å². The molecule has 0 spiro atoms. The van der Waals surface area contributed by atoms with Crippen LogP contribution in [0.3, 0.4) is 0 Å². The molecule has 6 nitrogen and oxygen atoms in total. The summed E-state index contributed by atoms with van der Waals surface area (Å²) in [4.78, 5) is 27.4. The molecule has 2 amide bonds. The summed E-state index contributed by atoms with van der Waals surface area (Å²) in [5.74, 6) is -0.256. The van der Waals surface area contributed by atoms with Gasteiger partial charge in [-0.1, -0.05) is 13.8 Å². The average Bonchev–Trinajstić information content (AvgIpc) is 2.75. The van der Waals surface area contributed by atoms with Gasteiger partial charge in [-0.05, 0) is 13.3 Å². The number of thiazole rings is 1. The first-order valence-corrected chi connectivity index (χ1v) is 7.54. The van der Waals surface area contributed by atoms with Crippen LogP contribution in [0.25, 0.3) is 0 Å². The Morgan fingerprint density at radius 2 is 2.10 bits per heavy atom. The van der Waals surface area contributed by atoms with Gasteiger partial charge in [-0.3, -0.25) is 9.59 Å². The quantitative estimate of drug-likeness (QED) is 0.703. The third-order valence-electron chi connectivity index (χ3n) is 2.57. The smallest absolute Gasteiger partial charge is 0.228 e. The van der Waals surface area contributed by atoms with Crippen LogP contribution < -0.4 is 16.4 Å². The molecule has 1 aromatic heterocycles. The van der Waals surface area contributed by atoms with Crippen LogP contribution in [0.15, 0.2) is 5.38 Å². The monoisotopic (exact) mass is 298 g/mol. The first-order valence-electron chi connectivity index (χ1n) is 6.66. The van der Waals surface area contributed by atoms with Gasteiger partial charge in [-0.2, -0.15) is 0 Å². The highest BCUT2D eigenvalue weighted by Gasteiger charge is 2.11. The van der Waals surface area contributed by atoms with Crippen LogP contribution >= 0.6 is 11.3 Å². The standard InChI is InChI=1S/C13H22N4O2S/c1-8(2)12(19)17-13-16-10(7-20-13)6-11(18)15-5-4-9(3)14/h7-9H,4-6,14H2,1-3H3,(H,15,18)(H,16,17,19). The van der Waals surface area contributed by atoms with Crippen molar-refractivity contribution in [2.24, 2.45) is 11.7 Å². The van der Waals surface area contributed by atoms with Crippen molar-refractivity contribution in [2.75, 3.05) is 11.9 Å². The van der Waals surface area contributed by atoms with Crippen molar-refractivity contribution in [3.8, 4) is 0 Å². The topological polar surface area (TPSA) is 97.1 Å². The first-order chi connectivity index (χ1) is 9.38. The molecule has 0 saturated heterocycles. The molecule has 0 aromatic carbocycles.